The highest BCUT2D eigenvalue weighted by Gasteiger charge is 2.47. The maximum Gasteiger partial charge on any atom is 0.310 e. The van der Waals surface area contributed by atoms with Crippen LogP contribution in [0.1, 0.15) is 32.1 Å². The predicted molar refractivity (Wildman–Crippen MR) is 63.2 cm³/mol. The highest BCUT2D eigenvalue weighted by atomic mass is 16.5. The summed E-state index contributed by atoms with van der Waals surface area (Å²) in [6, 6.07) is 2.16. The van der Waals surface area contributed by atoms with E-state index in [4.69, 9.17) is 10.00 Å². The zero-order valence-corrected chi connectivity index (χ0v) is 10.6. The second kappa shape index (κ2) is 4.97. The number of likely N-dealkylation sites (tertiary alicyclic amines) is 1. The van der Waals surface area contributed by atoms with Crippen LogP contribution in [-0.2, 0) is 14.3 Å². The van der Waals surface area contributed by atoms with E-state index in [1.807, 2.05) is 0 Å². The molecular weight excluding hydrogens is 232 g/mol. The number of esters is 1. The number of hydrogen-bond donors (Lipinski definition) is 0. The number of nitriles is 1. The molecule has 0 N–H and O–H groups in total. The molecule has 0 aromatic carbocycles. The molecule has 18 heavy (non-hydrogen) atoms. The Morgan fingerprint density at radius 2 is 2.11 bits per heavy atom. The molecule has 1 saturated carbocycles. The van der Waals surface area contributed by atoms with Crippen LogP contribution in [0.3, 0.4) is 0 Å². The molecule has 2 fully saturated rings. The average molecular weight is 250 g/mol. The summed E-state index contributed by atoms with van der Waals surface area (Å²) < 4.78 is 4.73. The van der Waals surface area contributed by atoms with Gasteiger partial charge >= 0.3 is 5.97 Å². The van der Waals surface area contributed by atoms with Crippen LogP contribution in [0, 0.1) is 22.7 Å². The minimum atomic E-state index is -0.808. The van der Waals surface area contributed by atoms with Gasteiger partial charge in [-0.15, -0.1) is 0 Å². The molecule has 0 radical (unpaired) electrons. The first kappa shape index (κ1) is 12.9. The first-order valence-electron chi connectivity index (χ1n) is 6.41. The number of hydrogen-bond acceptors (Lipinski definition) is 4. The first-order chi connectivity index (χ1) is 8.63. The molecule has 1 aliphatic heterocycles. The molecule has 2 aliphatic rings. The van der Waals surface area contributed by atoms with Gasteiger partial charge in [-0.25, -0.2) is 0 Å². The van der Waals surface area contributed by atoms with Crippen molar-refractivity contribution >= 4 is 11.9 Å². The van der Waals surface area contributed by atoms with Crippen molar-refractivity contribution in [2.45, 2.75) is 32.1 Å². The fourth-order valence-electron chi connectivity index (χ4n) is 2.73. The van der Waals surface area contributed by atoms with Crippen LogP contribution in [0.5, 0.6) is 0 Å². The lowest BCUT2D eigenvalue weighted by Gasteiger charge is -2.40. The molecule has 1 heterocycles. The summed E-state index contributed by atoms with van der Waals surface area (Å²) in [4.78, 5) is 25.5. The molecule has 0 aromatic rings. The predicted octanol–water partition coefficient (Wildman–Crippen LogP) is 1.09. The second-order valence-corrected chi connectivity index (χ2v) is 5.16. The van der Waals surface area contributed by atoms with E-state index in [2.05, 4.69) is 6.07 Å². The molecule has 0 spiro atoms. The van der Waals surface area contributed by atoms with Crippen molar-refractivity contribution < 1.29 is 14.3 Å². The van der Waals surface area contributed by atoms with Crippen LogP contribution in [0.25, 0.3) is 0 Å². The number of carbonyl (C=O) groups is 2. The van der Waals surface area contributed by atoms with Crippen molar-refractivity contribution in [3.05, 3.63) is 0 Å². The number of rotatable bonds is 2. The van der Waals surface area contributed by atoms with Crippen molar-refractivity contribution in [2.75, 3.05) is 20.2 Å². The molecule has 5 heteroatoms. The van der Waals surface area contributed by atoms with Crippen molar-refractivity contribution in [3.8, 4) is 6.07 Å². The summed E-state index contributed by atoms with van der Waals surface area (Å²) in [6.07, 6.45) is 3.81. The Morgan fingerprint density at radius 3 is 2.61 bits per heavy atom. The van der Waals surface area contributed by atoms with Crippen LogP contribution in [0.4, 0.5) is 0 Å². The second-order valence-electron chi connectivity index (χ2n) is 5.16. The standard InChI is InChI=1S/C13H18N2O3/c1-18-11(16)10-4-2-7-15(8-10)12(17)13(9-14)5-3-6-13/h10H,2-8H2,1H3. The maximum absolute atomic E-state index is 12.3. The van der Waals surface area contributed by atoms with E-state index in [1.165, 1.54) is 7.11 Å². The molecule has 98 valence electrons. The molecule has 0 aromatic heterocycles. The highest BCUT2D eigenvalue weighted by molar-refractivity contribution is 5.87. The van der Waals surface area contributed by atoms with Gasteiger partial charge in [0.25, 0.3) is 0 Å². The van der Waals surface area contributed by atoms with Crippen molar-refractivity contribution in [1.29, 1.82) is 5.26 Å². The van der Waals surface area contributed by atoms with E-state index in [-0.39, 0.29) is 17.8 Å². The van der Waals surface area contributed by atoms with Crippen LogP contribution >= 0.6 is 0 Å². The Balaban J connectivity index is 2.03. The Hall–Kier alpha value is -1.57. The lowest BCUT2D eigenvalue weighted by Crippen LogP contribution is -2.51. The third kappa shape index (κ3) is 2.07. The van der Waals surface area contributed by atoms with E-state index in [9.17, 15) is 9.59 Å². The SMILES string of the molecule is COC(=O)C1CCCN(C(=O)C2(C#N)CCC2)C1. The molecule has 1 amide bonds. The summed E-state index contributed by atoms with van der Waals surface area (Å²) in [6.45, 7) is 1.05. The van der Waals surface area contributed by atoms with E-state index >= 15 is 0 Å². The smallest absolute Gasteiger partial charge is 0.310 e. The Morgan fingerprint density at radius 1 is 1.39 bits per heavy atom. The lowest BCUT2D eigenvalue weighted by molar-refractivity contribution is -0.152. The number of nitrogens with zero attached hydrogens (tertiary/aromatic N) is 2. The fraction of sp³-hybridized carbons (Fsp3) is 0.769. The fourth-order valence-corrected chi connectivity index (χ4v) is 2.73. The summed E-state index contributed by atoms with van der Waals surface area (Å²) in [7, 11) is 1.37. The summed E-state index contributed by atoms with van der Waals surface area (Å²) in [5.41, 5.74) is -0.808. The summed E-state index contributed by atoms with van der Waals surface area (Å²) in [5, 5.41) is 9.17. The Kier molecular flexibility index (Phi) is 3.55. The van der Waals surface area contributed by atoms with E-state index in [0.29, 0.717) is 25.9 Å². The largest absolute Gasteiger partial charge is 0.469 e. The van der Waals surface area contributed by atoms with Gasteiger partial charge in [0.15, 0.2) is 0 Å². The first-order valence-corrected chi connectivity index (χ1v) is 6.41. The molecule has 1 unspecified atom stereocenters. The average Bonchev–Trinajstić information content (AvgIpc) is 2.37. The van der Waals surface area contributed by atoms with Gasteiger partial charge in [-0.3, -0.25) is 9.59 Å². The van der Waals surface area contributed by atoms with Gasteiger partial charge in [-0.05, 0) is 32.1 Å². The van der Waals surface area contributed by atoms with Crippen LogP contribution in [0.2, 0.25) is 0 Å². The minimum Gasteiger partial charge on any atom is -0.469 e. The summed E-state index contributed by atoms with van der Waals surface area (Å²) in [5.74, 6) is -0.583. The zero-order valence-electron chi connectivity index (χ0n) is 10.6. The van der Waals surface area contributed by atoms with Gasteiger partial charge in [-0.2, -0.15) is 5.26 Å². The van der Waals surface area contributed by atoms with Gasteiger partial charge in [0.05, 0.1) is 19.1 Å². The number of ether oxygens (including phenoxy) is 1. The van der Waals surface area contributed by atoms with Crippen molar-refractivity contribution in [2.24, 2.45) is 11.3 Å². The topological polar surface area (TPSA) is 70.4 Å². The normalized spacial score (nSPS) is 25.8. The number of piperidine rings is 1. The molecule has 2 rings (SSSR count). The van der Waals surface area contributed by atoms with Gasteiger partial charge in [0.1, 0.15) is 5.41 Å². The molecule has 0 bridgehead atoms. The van der Waals surface area contributed by atoms with Crippen LogP contribution in [-0.4, -0.2) is 37.0 Å². The maximum atomic E-state index is 12.3. The summed E-state index contributed by atoms with van der Waals surface area (Å²) >= 11 is 0. The van der Waals surface area contributed by atoms with Crippen molar-refractivity contribution in [3.63, 3.8) is 0 Å². The van der Waals surface area contributed by atoms with E-state index < -0.39 is 5.41 Å². The van der Waals surface area contributed by atoms with E-state index in [1.54, 1.807) is 4.90 Å². The molecule has 1 saturated heterocycles. The van der Waals surface area contributed by atoms with Gasteiger partial charge in [-0.1, -0.05) is 0 Å². The molecule has 5 nitrogen and oxygen atoms in total. The monoisotopic (exact) mass is 250 g/mol. The van der Waals surface area contributed by atoms with E-state index in [0.717, 1.165) is 19.3 Å². The Labute approximate surface area is 107 Å². The van der Waals surface area contributed by atoms with Crippen LogP contribution < -0.4 is 0 Å². The van der Waals surface area contributed by atoms with Gasteiger partial charge in [0, 0.05) is 13.1 Å². The third-order valence-corrected chi connectivity index (χ3v) is 4.07. The third-order valence-electron chi connectivity index (χ3n) is 4.07. The lowest BCUT2D eigenvalue weighted by atomic mass is 9.68. The zero-order chi connectivity index (χ0) is 13.2. The Bertz CT molecular complexity index is 396. The quantitative estimate of drug-likeness (QED) is 0.688. The molecular formula is C13H18N2O3. The molecule has 1 atom stereocenters. The number of amides is 1. The molecule has 1 aliphatic carbocycles. The van der Waals surface area contributed by atoms with Gasteiger partial charge < -0.3 is 9.64 Å². The van der Waals surface area contributed by atoms with Crippen molar-refractivity contribution in [1.82, 2.24) is 4.90 Å². The van der Waals surface area contributed by atoms with Gasteiger partial charge in [0.2, 0.25) is 5.91 Å². The minimum absolute atomic E-state index is 0.0927. The highest BCUT2D eigenvalue weighted by Crippen LogP contribution is 2.42. The van der Waals surface area contributed by atoms with Crippen LogP contribution in [0.15, 0.2) is 0 Å². The number of carbonyl (C=O) groups excluding carboxylic acids is 2. The number of methoxy groups -OCH3 is 1.